The highest BCUT2D eigenvalue weighted by molar-refractivity contribution is 7.25. The summed E-state index contributed by atoms with van der Waals surface area (Å²) in [4.78, 5) is 5.16. The van der Waals surface area contributed by atoms with E-state index in [2.05, 4.69) is 4.98 Å². The molecule has 2 heterocycles. The van der Waals surface area contributed by atoms with Crippen LogP contribution in [0, 0.1) is 12.7 Å². The topological polar surface area (TPSA) is 22.1 Å². The molecule has 2 aromatic carbocycles. The third-order valence-electron chi connectivity index (χ3n) is 4.49. The molecule has 0 aliphatic carbocycles. The van der Waals surface area contributed by atoms with Gasteiger partial charge in [-0.25, -0.2) is 9.37 Å². The molecule has 0 N–H and O–H groups in total. The van der Waals surface area contributed by atoms with Crippen molar-refractivity contribution < 1.29 is 22.3 Å². The molecule has 4 rings (SSSR count). The molecular weight excluding hydrogens is 414 g/mol. The smallest absolute Gasteiger partial charge is 0.416 e. The van der Waals surface area contributed by atoms with Crippen LogP contribution in [-0.2, 0) is 6.18 Å². The Morgan fingerprint density at radius 3 is 2.54 bits per heavy atom. The molecule has 0 saturated carbocycles. The second-order valence-corrected chi connectivity index (χ2v) is 7.64. The third-order valence-corrected chi connectivity index (χ3v) is 5.99. The van der Waals surface area contributed by atoms with E-state index in [0.717, 1.165) is 33.7 Å². The van der Waals surface area contributed by atoms with E-state index in [1.807, 2.05) is 0 Å². The number of fused-ring (bicyclic) bond motifs is 3. The van der Waals surface area contributed by atoms with E-state index in [0.29, 0.717) is 26.9 Å². The number of thiophene rings is 1. The fourth-order valence-corrected chi connectivity index (χ4v) is 4.51. The van der Waals surface area contributed by atoms with Crippen molar-refractivity contribution in [2.24, 2.45) is 0 Å². The second-order valence-electron chi connectivity index (χ2n) is 6.23. The maximum Gasteiger partial charge on any atom is 0.416 e. The first kappa shape index (κ1) is 19.0. The van der Waals surface area contributed by atoms with Crippen LogP contribution in [0.3, 0.4) is 0 Å². The molecule has 0 saturated heterocycles. The van der Waals surface area contributed by atoms with Crippen LogP contribution < -0.4 is 4.74 Å². The molecule has 0 aliphatic heterocycles. The van der Waals surface area contributed by atoms with Crippen LogP contribution in [-0.4, -0.2) is 12.1 Å². The minimum absolute atomic E-state index is 0.108. The Bertz CT molecular complexity index is 1230. The maximum absolute atomic E-state index is 14.3. The van der Waals surface area contributed by atoms with E-state index < -0.39 is 17.6 Å². The molecule has 0 amide bonds. The second kappa shape index (κ2) is 6.60. The fraction of sp³-hybridized carbons (Fsp3) is 0.150. The van der Waals surface area contributed by atoms with Crippen LogP contribution in [0.25, 0.3) is 31.4 Å². The molecule has 0 aliphatic rings. The number of benzene rings is 2. The van der Waals surface area contributed by atoms with Gasteiger partial charge in [0.15, 0.2) is 0 Å². The lowest BCUT2D eigenvalue weighted by atomic mass is 10.0. The number of rotatable bonds is 2. The molecule has 144 valence electrons. The van der Waals surface area contributed by atoms with Crippen molar-refractivity contribution in [2.75, 3.05) is 7.11 Å². The minimum Gasteiger partial charge on any atom is -0.494 e. The molecule has 2 nitrogen and oxygen atoms in total. The van der Waals surface area contributed by atoms with Gasteiger partial charge in [-0.05, 0) is 36.8 Å². The van der Waals surface area contributed by atoms with Crippen LogP contribution >= 0.6 is 22.9 Å². The molecule has 0 radical (unpaired) electrons. The first-order chi connectivity index (χ1) is 13.2. The van der Waals surface area contributed by atoms with Gasteiger partial charge in [0.25, 0.3) is 0 Å². The van der Waals surface area contributed by atoms with Gasteiger partial charge in [-0.2, -0.15) is 13.2 Å². The van der Waals surface area contributed by atoms with Crippen LogP contribution in [0.1, 0.15) is 11.3 Å². The van der Waals surface area contributed by atoms with Gasteiger partial charge in [0.1, 0.15) is 21.4 Å². The van der Waals surface area contributed by atoms with Gasteiger partial charge in [0, 0.05) is 15.6 Å². The fourth-order valence-electron chi connectivity index (χ4n) is 3.14. The van der Waals surface area contributed by atoms with Crippen LogP contribution in [0.2, 0.25) is 5.02 Å². The Kier molecular flexibility index (Phi) is 4.47. The summed E-state index contributed by atoms with van der Waals surface area (Å²) >= 11 is 7.64. The molecular formula is C20H12ClF4NOS. The molecule has 0 spiro atoms. The summed E-state index contributed by atoms with van der Waals surface area (Å²) in [5.74, 6) is -0.225. The summed E-state index contributed by atoms with van der Waals surface area (Å²) in [5.41, 5.74) is -0.0411. The Labute approximate surface area is 166 Å². The van der Waals surface area contributed by atoms with Gasteiger partial charge in [0.05, 0.1) is 23.8 Å². The number of aryl methyl sites for hydroxylation is 1. The van der Waals surface area contributed by atoms with Crippen molar-refractivity contribution in [3.8, 4) is 16.9 Å². The maximum atomic E-state index is 14.3. The standard InChI is InChI=1S/C20H12ClF4NOS/c1-9-17(21)18(27-2)16-12-5-3-10(7-15(12)28-19(16)26-9)13-8-11(20(23,24)25)4-6-14(13)22/h3-8H,1-2H3. The van der Waals surface area contributed by atoms with E-state index >= 15 is 0 Å². The van der Waals surface area contributed by atoms with Crippen molar-refractivity contribution in [1.82, 2.24) is 4.98 Å². The van der Waals surface area contributed by atoms with Crippen LogP contribution in [0.5, 0.6) is 5.75 Å². The summed E-state index contributed by atoms with van der Waals surface area (Å²) < 4.78 is 59.5. The quantitative estimate of drug-likeness (QED) is 0.316. The number of alkyl halides is 3. The number of pyridine rings is 1. The highest BCUT2D eigenvalue weighted by Gasteiger charge is 2.31. The zero-order chi connectivity index (χ0) is 20.2. The van der Waals surface area contributed by atoms with Gasteiger partial charge in [0.2, 0.25) is 0 Å². The molecule has 0 fully saturated rings. The zero-order valence-corrected chi connectivity index (χ0v) is 16.2. The van der Waals surface area contributed by atoms with E-state index in [-0.39, 0.29) is 5.56 Å². The first-order valence-electron chi connectivity index (χ1n) is 8.14. The van der Waals surface area contributed by atoms with Crippen molar-refractivity contribution in [3.05, 3.63) is 58.5 Å². The van der Waals surface area contributed by atoms with E-state index in [1.165, 1.54) is 18.4 Å². The van der Waals surface area contributed by atoms with E-state index in [4.69, 9.17) is 16.3 Å². The number of hydrogen-bond acceptors (Lipinski definition) is 3. The van der Waals surface area contributed by atoms with Gasteiger partial charge >= 0.3 is 6.18 Å². The van der Waals surface area contributed by atoms with Gasteiger partial charge < -0.3 is 4.74 Å². The first-order valence-corrected chi connectivity index (χ1v) is 9.33. The number of halogens is 5. The minimum atomic E-state index is -4.55. The molecule has 0 atom stereocenters. The molecule has 2 aromatic heterocycles. The van der Waals surface area contributed by atoms with E-state index in [9.17, 15) is 17.6 Å². The van der Waals surface area contributed by atoms with Crippen molar-refractivity contribution in [2.45, 2.75) is 13.1 Å². The highest BCUT2D eigenvalue weighted by atomic mass is 35.5. The summed E-state index contributed by atoms with van der Waals surface area (Å²) in [5, 5.41) is 1.93. The Balaban J connectivity index is 1.96. The normalized spacial score (nSPS) is 12.1. The largest absolute Gasteiger partial charge is 0.494 e. The predicted octanol–water partition coefficient (Wildman–Crippen LogP) is 7.24. The molecule has 8 heteroatoms. The van der Waals surface area contributed by atoms with Gasteiger partial charge in [-0.3, -0.25) is 0 Å². The van der Waals surface area contributed by atoms with Gasteiger partial charge in [-0.15, -0.1) is 11.3 Å². The van der Waals surface area contributed by atoms with Crippen molar-refractivity contribution >= 4 is 43.2 Å². The lowest BCUT2D eigenvalue weighted by Crippen LogP contribution is -2.05. The number of nitrogens with zero attached hydrogens (tertiary/aromatic N) is 1. The van der Waals surface area contributed by atoms with Crippen molar-refractivity contribution in [1.29, 1.82) is 0 Å². The third kappa shape index (κ3) is 2.99. The summed E-state index contributed by atoms with van der Waals surface area (Å²) in [6, 6.07) is 7.35. The highest BCUT2D eigenvalue weighted by Crippen LogP contribution is 2.44. The lowest BCUT2D eigenvalue weighted by molar-refractivity contribution is -0.137. The SMILES string of the molecule is COc1c(Cl)c(C)nc2sc3cc(-c4cc(C(F)(F)F)ccc4F)ccc3c12. The predicted molar refractivity (Wildman–Crippen MR) is 104 cm³/mol. The number of hydrogen-bond donors (Lipinski definition) is 0. The summed E-state index contributed by atoms with van der Waals surface area (Å²) in [6.45, 7) is 1.76. The summed E-state index contributed by atoms with van der Waals surface area (Å²) in [6.07, 6.45) is -4.55. The Morgan fingerprint density at radius 2 is 1.86 bits per heavy atom. The summed E-state index contributed by atoms with van der Waals surface area (Å²) in [7, 11) is 1.51. The monoisotopic (exact) mass is 425 g/mol. The van der Waals surface area contributed by atoms with Crippen molar-refractivity contribution in [3.63, 3.8) is 0 Å². The molecule has 4 aromatic rings. The van der Waals surface area contributed by atoms with Crippen LogP contribution in [0.15, 0.2) is 36.4 Å². The average molecular weight is 426 g/mol. The zero-order valence-electron chi connectivity index (χ0n) is 14.6. The molecule has 28 heavy (non-hydrogen) atoms. The number of methoxy groups -OCH3 is 1. The number of aromatic nitrogens is 1. The molecule has 0 unspecified atom stereocenters. The van der Waals surface area contributed by atoms with E-state index in [1.54, 1.807) is 25.1 Å². The average Bonchev–Trinajstić information content (AvgIpc) is 2.99. The Hall–Kier alpha value is -2.38. The Morgan fingerprint density at radius 1 is 1.11 bits per heavy atom. The molecule has 0 bridgehead atoms. The van der Waals surface area contributed by atoms with Crippen LogP contribution in [0.4, 0.5) is 17.6 Å². The lowest BCUT2D eigenvalue weighted by Gasteiger charge is -2.10. The number of ether oxygens (including phenoxy) is 1. The van der Waals surface area contributed by atoms with Gasteiger partial charge in [-0.1, -0.05) is 23.7 Å².